The van der Waals surface area contributed by atoms with Crippen LogP contribution in [0.3, 0.4) is 0 Å². The molecule has 0 bridgehead atoms. The van der Waals surface area contributed by atoms with Crippen molar-refractivity contribution in [2.75, 3.05) is 19.5 Å². The van der Waals surface area contributed by atoms with Gasteiger partial charge in [-0.3, -0.25) is 0 Å². The summed E-state index contributed by atoms with van der Waals surface area (Å²) < 4.78 is 6.67. The van der Waals surface area contributed by atoms with Gasteiger partial charge in [0.05, 0.1) is 5.69 Å². The van der Waals surface area contributed by atoms with Crippen molar-refractivity contribution in [2.45, 2.75) is 18.0 Å². The molecule has 0 unspecified atom stereocenters. The fourth-order valence-corrected chi connectivity index (χ4v) is 2.43. The van der Waals surface area contributed by atoms with Crippen LogP contribution in [-0.4, -0.2) is 44.8 Å². The first kappa shape index (κ1) is 13.8. The van der Waals surface area contributed by atoms with E-state index in [1.807, 2.05) is 0 Å². The summed E-state index contributed by atoms with van der Waals surface area (Å²) in [6.45, 7) is 0.781. The number of rotatable bonds is 7. The largest absolute Gasteiger partial charge is 0.508 e. The standard InChI is InChI=1S/C12H16N4O2S/c1-18-8-2-3-9-19-12-13-14-15-16(12)10-4-6-11(17)7-5-10/h4-7,17H,2-3,8-9H2,1H3. The molecule has 0 aliphatic heterocycles. The van der Waals surface area contributed by atoms with E-state index in [4.69, 9.17) is 4.74 Å². The molecular formula is C12H16N4O2S. The molecule has 0 radical (unpaired) electrons. The molecule has 19 heavy (non-hydrogen) atoms. The van der Waals surface area contributed by atoms with Crippen molar-refractivity contribution >= 4 is 11.8 Å². The molecule has 1 aromatic carbocycles. The average Bonchev–Trinajstić information content (AvgIpc) is 2.88. The van der Waals surface area contributed by atoms with E-state index in [1.54, 1.807) is 47.8 Å². The fraction of sp³-hybridized carbons (Fsp3) is 0.417. The van der Waals surface area contributed by atoms with Gasteiger partial charge < -0.3 is 9.84 Å². The highest BCUT2D eigenvalue weighted by Gasteiger charge is 2.08. The first-order valence-corrected chi connectivity index (χ1v) is 6.99. The molecule has 6 nitrogen and oxygen atoms in total. The maximum atomic E-state index is 9.27. The first-order valence-electron chi connectivity index (χ1n) is 6.01. The topological polar surface area (TPSA) is 73.1 Å². The zero-order valence-corrected chi connectivity index (χ0v) is 11.5. The summed E-state index contributed by atoms with van der Waals surface area (Å²) >= 11 is 1.61. The number of aromatic hydroxyl groups is 1. The third kappa shape index (κ3) is 3.93. The quantitative estimate of drug-likeness (QED) is 0.616. The van der Waals surface area contributed by atoms with Crippen molar-refractivity contribution in [2.24, 2.45) is 0 Å². The second-order valence-electron chi connectivity index (χ2n) is 3.94. The van der Waals surface area contributed by atoms with Crippen molar-refractivity contribution in [1.82, 2.24) is 20.2 Å². The number of phenolic OH excluding ortho intramolecular Hbond substituents is 1. The molecule has 0 spiro atoms. The van der Waals surface area contributed by atoms with Crippen molar-refractivity contribution in [3.63, 3.8) is 0 Å². The molecule has 1 N–H and O–H groups in total. The summed E-state index contributed by atoms with van der Waals surface area (Å²) in [4.78, 5) is 0. The van der Waals surface area contributed by atoms with E-state index in [1.165, 1.54) is 0 Å². The van der Waals surface area contributed by atoms with Gasteiger partial charge in [-0.05, 0) is 47.5 Å². The Hall–Kier alpha value is -1.60. The number of thioether (sulfide) groups is 1. The van der Waals surface area contributed by atoms with Gasteiger partial charge in [0.2, 0.25) is 5.16 Å². The normalized spacial score (nSPS) is 10.8. The van der Waals surface area contributed by atoms with Crippen LogP contribution in [0.1, 0.15) is 12.8 Å². The highest BCUT2D eigenvalue weighted by atomic mass is 32.2. The van der Waals surface area contributed by atoms with Crippen molar-refractivity contribution in [1.29, 1.82) is 0 Å². The van der Waals surface area contributed by atoms with Crippen LogP contribution >= 0.6 is 11.8 Å². The first-order chi connectivity index (χ1) is 9.31. The van der Waals surface area contributed by atoms with Crippen molar-refractivity contribution < 1.29 is 9.84 Å². The van der Waals surface area contributed by atoms with Gasteiger partial charge in [-0.2, -0.15) is 4.68 Å². The second kappa shape index (κ2) is 7.10. The van der Waals surface area contributed by atoms with Gasteiger partial charge >= 0.3 is 0 Å². The number of tetrazole rings is 1. The highest BCUT2D eigenvalue weighted by Crippen LogP contribution is 2.20. The Morgan fingerprint density at radius 3 is 2.79 bits per heavy atom. The van der Waals surface area contributed by atoms with Crippen LogP contribution in [0.5, 0.6) is 5.75 Å². The molecule has 0 atom stereocenters. The number of ether oxygens (including phenoxy) is 1. The Morgan fingerprint density at radius 2 is 2.05 bits per heavy atom. The predicted molar refractivity (Wildman–Crippen MR) is 72.7 cm³/mol. The third-order valence-electron chi connectivity index (χ3n) is 2.51. The molecule has 7 heteroatoms. The minimum absolute atomic E-state index is 0.227. The number of nitrogens with zero attached hydrogens (tertiary/aromatic N) is 4. The van der Waals surface area contributed by atoms with Gasteiger partial charge in [-0.25, -0.2) is 0 Å². The lowest BCUT2D eigenvalue weighted by atomic mass is 10.3. The summed E-state index contributed by atoms with van der Waals surface area (Å²) in [7, 11) is 1.71. The smallest absolute Gasteiger partial charge is 0.214 e. The van der Waals surface area contributed by atoms with Gasteiger partial charge in [0.25, 0.3) is 0 Å². The molecule has 0 aliphatic rings. The van der Waals surface area contributed by atoms with Crippen LogP contribution in [0.15, 0.2) is 29.4 Å². The lowest BCUT2D eigenvalue weighted by Gasteiger charge is -2.04. The minimum Gasteiger partial charge on any atom is -0.508 e. The van der Waals surface area contributed by atoms with Crippen LogP contribution in [0.2, 0.25) is 0 Å². The van der Waals surface area contributed by atoms with Crippen molar-refractivity contribution in [3.05, 3.63) is 24.3 Å². The van der Waals surface area contributed by atoms with Crippen LogP contribution in [0.4, 0.5) is 0 Å². The van der Waals surface area contributed by atoms with Crippen LogP contribution in [0, 0.1) is 0 Å². The van der Waals surface area contributed by atoms with Crippen LogP contribution in [-0.2, 0) is 4.74 Å². The SMILES string of the molecule is COCCCCSc1nnnn1-c1ccc(O)cc1. The van der Waals surface area contributed by atoms with Gasteiger partial charge in [0.1, 0.15) is 5.75 Å². The van der Waals surface area contributed by atoms with Gasteiger partial charge in [-0.15, -0.1) is 5.10 Å². The number of methoxy groups -OCH3 is 1. The number of hydrogen-bond acceptors (Lipinski definition) is 6. The van der Waals surface area contributed by atoms with E-state index in [0.717, 1.165) is 36.0 Å². The maximum absolute atomic E-state index is 9.27. The van der Waals surface area contributed by atoms with Crippen LogP contribution in [0.25, 0.3) is 5.69 Å². The molecule has 1 heterocycles. The summed E-state index contributed by atoms with van der Waals surface area (Å²) in [6.07, 6.45) is 2.09. The highest BCUT2D eigenvalue weighted by molar-refractivity contribution is 7.99. The number of phenols is 1. The monoisotopic (exact) mass is 280 g/mol. The van der Waals surface area contributed by atoms with E-state index >= 15 is 0 Å². The van der Waals surface area contributed by atoms with Gasteiger partial charge in [0, 0.05) is 19.5 Å². The summed E-state index contributed by atoms with van der Waals surface area (Å²) in [5, 5.41) is 21.7. The molecule has 0 saturated heterocycles. The number of aromatic nitrogens is 4. The minimum atomic E-state index is 0.227. The average molecular weight is 280 g/mol. The van der Waals surface area contributed by atoms with E-state index < -0.39 is 0 Å². The van der Waals surface area contributed by atoms with E-state index in [2.05, 4.69) is 15.5 Å². The van der Waals surface area contributed by atoms with Gasteiger partial charge in [-0.1, -0.05) is 11.8 Å². The molecule has 102 valence electrons. The van der Waals surface area contributed by atoms with Gasteiger partial charge in [0.15, 0.2) is 0 Å². The Morgan fingerprint density at radius 1 is 1.26 bits per heavy atom. The Bertz CT molecular complexity index is 501. The number of hydrogen-bond donors (Lipinski definition) is 1. The molecule has 0 amide bonds. The summed E-state index contributed by atoms with van der Waals surface area (Å²) in [6, 6.07) is 6.79. The summed E-state index contributed by atoms with van der Waals surface area (Å²) in [5.74, 6) is 1.17. The Kier molecular flexibility index (Phi) is 5.17. The number of unbranched alkanes of at least 4 members (excludes halogenated alkanes) is 1. The molecule has 2 rings (SSSR count). The predicted octanol–water partition coefficient (Wildman–Crippen LogP) is 1.89. The molecule has 0 saturated carbocycles. The maximum Gasteiger partial charge on any atom is 0.214 e. The van der Waals surface area contributed by atoms with E-state index in [-0.39, 0.29) is 5.75 Å². The van der Waals surface area contributed by atoms with E-state index in [9.17, 15) is 5.11 Å². The zero-order valence-electron chi connectivity index (χ0n) is 10.7. The molecule has 0 aliphatic carbocycles. The van der Waals surface area contributed by atoms with Crippen molar-refractivity contribution in [3.8, 4) is 11.4 Å². The lowest BCUT2D eigenvalue weighted by molar-refractivity contribution is 0.194. The second-order valence-corrected chi connectivity index (χ2v) is 5.00. The molecule has 0 fully saturated rings. The molecule has 1 aromatic heterocycles. The fourth-order valence-electron chi connectivity index (χ4n) is 1.54. The van der Waals surface area contributed by atoms with E-state index in [0.29, 0.717) is 0 Å². The number of benzene rings is 1. The zero-order chi connectivity index (χ0) is 13.5. The van der Waals surface area contributed by atoms with Crippen LogP contribution < -0.4 is 0 Å². The Balaban J connectivity index is 1.96. The lowest BCUT2D eigenvalue weighted by Crippen LogP contribution is -1.99. The third-order valence-corrected chi connectivity index (χ3v) is 3.51. The summed E-state index contributed by atoms with van der Waals surface area (Å²) in [5.41, 5.74) is 0.835. The molecule has 2 aromatic rings. The molecular weight excluding hydrogens is 264 g/mol. The Labute approximate surface area is 115 Å².